The standard InChI is InChI=1S/C6H3F11/c7-1(3(9)10)2(8)4(11,5(12,13)14)6(15,16)17/h1-3H. The molecule has 0 radical (unpaired) electrons. The van der Waals surface area contributed by atoms with Gasteiger partial charge in [0.1, 0.15) is 0 Å². The van der Waals surface area contributed by atoms with Crippen molar-refractivity contribution in [3.05, 3.63) is 0 Å². The lowest BCUT2D eigenvalue weighted by Gasteiger charge is -2.33. The van der Waals surface area contributed by atoms with E-state index in [0.29, 0.717) is 0 Å². The van der Waals surface area contributed by atoms with Gasteiger partial charge >= 0.3 is 18.0 Å². The highest BCUT2D eigenvalue weighted by Gasteiger charge is 2.78. The summed E-state index contributed by atoms with van der Waals surface area (Å²) < 4.78 is 130. The van der Waals surface area contributed by atoms with E-state index in [-0.39, 0.29) is 0 Å². The van der Waals surface area contributed by atoms with E-state index in [2.05, 4.69) is 0 Å². The number of rotatable bonds is 3. The van der Waals surface area contributed by atoms with E-state index in [9.17, 15) is 48.3 Å². The molecule has 0 N–H and O–H groups in total. The minimum absolute atomic E-state index is 4.52. The molecule has 0 fully saturated rings. The third-order valence-corrected chi connectivity index (χ3v) is 1.73. The van der Waals surface area contributed by atoms with Crippen LogP contribution in [0.15, 0.2) is 0 Å². The van der Waals surface area contributed by atoms with Gasteiger partial charge in [0.15, 0.2) is 12.3 Å². The van der Waals surface area contributed by atoms with E-state index >= 15 is 0 Å². The second kappa shape index (κ2) is 4.48. The summed E-state index contributed by atoms with van der Waals surface area (Å²) in [4.78, 5) is 0. The summed E-state index contributed by atoms with van der Waals surface area (Å²) in [5.41, 5.74) is -6.68. The van der Waals surface area contributed by atoms with Crippen molar-refractivity contribution < 1.29 is 48.3 Å². The quantitative estimate of drug-likeness (QED) is 0.692. The predicted molar refractivity (Wildman–Crippen MR) is 31.7 cm³/mol. The Kier molecular flexibility index (Phi) is 4.28. The molecule has 0 aromatic rings. The monoisotopic (exact) mass is 284 g/mol. The summed E-state index contributed by atoms with van der Waals surface area (Å²) in [5.74, 6) is 0. The molecule has 0 saturated heterocycles. The van der Waals surface area contributed by atoms with E-state index in [4.69, 9.17) is 0 Å². The van der Waals surface area contributed by atoms with Gasteiger partial charge in [-0.2, -0.15) is 26.3 Å². The molecule has 0 aliphatic carbocycles. The molecule has 0 heterocycles. The summed E-state index contributed by atoms with van der Waals surface area (Å²) in [6, 6.07) is 0. The predicted octanol–water partition coefficient (Wildman–Crippen LogP) is 3.76. The highest BCUT2D eigenvalue weighted by Crippen LogP contribution is 2.50. The van der Waals surface area contributed by atoms with Crippen molar-refractivity contribution in [1.29, 1.82) is 0 Å². The third kappa shape index (κ3) is 2.73. The fraction of sp³-hybridized carbons (Fsp3) is 1.00. The van der Waals surface area contributed by atoms with Gasteiger partial charge in [0.05, 0.1) is 0 Å². The van der Waals surface area contributed by atoms with Crippen molar-refractivity contribution in [2.45, 2.75) is 36.8 Å². The first-order valence-electron chi connectivity index (χ1n) is 3.65. The average Bonchev–Trinajstić information content (AvgIpc) is 2.10. The van der Waals surface area contributed by atoms with Crippen molar-refractivity contribution in [2.24, 2.45) is 0 Å². The van der Waals surface area contributed by atoms with Crippen LogP contribution in [-0.4, -0.2) is 36.8 Å². The van der Waals surface area contributed by atoms with E-state index in [1.807, 2.05) is 0 Å². The summed E-state index contributed by atoms with van der Waals surface area (Å²) in [6.45, 7) is 0. The molecule has 0 aromatic heterocycles. The Balaban J connectivity index is 5.52. The summed E-state index contributed by atoms with van der Waals surface area (Å²) in [7, 11) is 0. The van der Waals surface area contributed by atoms with Gasteiger partial charge in [-0.15, -0.1) is 0 Å². The molecule has 0 saturated carbocycles. The van der Waals surface area contributed by atoms with E-state index in [1.165, 1.54) is 0 Å². The van der Waals surface area contributed by atoms with Crippen LogP contribution in [0.5, 0.6) is 0 Å². The van der Waals surface area contributed by atoms with Crippen LogP contribution in [0.25, 0.3) is 0 Å². The van der Waals surface area contributed by atoms with Crippen molar-refractivity contribution in [3.8, 4) is 0 Å². The Morgan fingerprint density at radius 3 is 1.06 bits per heavy atom. The smallest absolute Gasteiger partial charge is 0.240 e. The van der Waals surface area contributed by atoms with E-state index in [1.54, 1.807) is 0 Å². The van der Waals surface area contributed by atoms with Crippen LogP contribution >= 0.6 is 0 Å². The van der Waals surface area contributed by atoms with Crippen LogP contribution in [0.4, 0.5) is 48.3 Å². The molecule has 0 spiro atoms. The maximum Gasteiger partial charge on any atom is 0.434 e. The minimum Gasteiger partial charge on any atom is -0.240 e. The summed E-state index contributed by atoms with van der Waals surface area (Å²) in [5, 5.41) is 0. The Hall–Kier alpha value is -0.770. The first-order chi connectivity index (χ1) is 7.26. The average molecular weight is 284 g/mol. The molecule has 104 valence electrons. The number of halogens is 11. The van der Waals surface area contributed by atoms with Crippen LogP contribution in [0.2, 0.25) is 0 Å². The van der Waals surface area contributed by atoms with Crippen LogP contribution in [-0.2, 0) is 0 Å². The van der Waals surface area contributed by atoms with Gasteiger partial charge in [-0.3, -0.25) is 0 Å². The molecule has 0 aromatic carbocycles. The van der Waals surface area contributed by atoms with Gasteiger partial charge in [-0.25, -0.2) is 22.0 Å². The second-order valence-electron chi connectivity index (χ2n) is 2.89. The van der Waals surface area contributed by atoms with Gasteiger partial charge in [0.2, 0.25) is 0 Å². The van der Waals surface area contributed by atoms with Crippen LogP contribution in [0, 0.1) is 0 Å². The highest BCUT2D eigenvalue weighted by molar-refractivity contribution is 5.03. The Morgan fingerprint density at radius 2 is 0.882 bits per heavy atom. The summed E-state index contributed by atoms with van der Waals surface area (Å²) in [6.07, 6.45) is -28.0. The fourth-order valence-electron chi connectivity index (χ4n) is 0.821. The molecule has 17 heavy (non-hydrogen) atoms. The van der Waals surface area contributed by atoms with Crippen molar-refractivity contribution in [2.75, 3.05) is 0 Å². The first kappa shape index (κ1) is 16.2. The third-order valence-electron chi connectivity index (χ3n) is 1.73. The zero-order valence-corrected chi connectivity index (χ0v) is 7.39. The Labute approximate surface area is 86.4 Å². The molecular formula is C6H3F11. The van der Waals surface area contributed by atoms with Gasteiger partial charge in [0, 0.05) is 0 Å². The van der Waals surface area contributed by atoms with Crippen molar-refractivity contribution >= 4 is 0 Å². The zero-order valence-electron chi connectivity index (χ0n) is 7.39. The fourth-order valence-corrected chi connectivity index (χ4v) is 0.821. The topological polar surface area (TPSA) is 0 Å². The lowest BCUT2D eigenvalue weighted by atomic mass is 9.95. The van der Waals surface area contributed by atoms with Gasteiger partial charge in [-0.05, 0) is 0 Å². The first-order valence-corrected chi connectivity index (χ1v) is 3.65. The molecule has 0 amide bonds. The molecule has 11 heteroatoms. The van der Waals surface area contributed by atoms with Crippen LogP contribution in [0.3, 0.4) is 0 Å². The maximum atomic E-state index is 12.6. The Bertz CT molecular complexity index is 236. The molecule has 2 atom stereocenters. The molecule has 0 rings (SSSR count). The maximum absolute atomic E-state index is 12.6. The van der Waals surface area contributed by atoms with E-state index in [0.717, 1.165) is 0 Å². The number of hydrogen-bond donors (Lipinski definition) is 0. The van der Waals surface area contributed by atoms with Crippen molar-refractivity contribution in [3.63, 3.8) is 0 Å². The highest BCUT2D eigenvalue weighted by atomic mass is 19.4. The molecule has 0 bridgehead atoms. The molecule has 2 unspecified atom stereocenters. The van der Waals surface area contributed by atoms with Crippen LogP contribution < -0.4 is 0 Å². The largest absolute Gasteiger partial charge is 0.434 e. The second-order valence-corrected chi connectivity index (χ2v) is 2.89. The zero-order chi connectivity index (χ0) is 14.2. The van der Waals surface area contributed by atoms with Crippen LogP contribution in [0.1, 0.15) is 0 Å². The number of hydrogen-bond acceptors (Lipinski definition) is 0. The molecular weight excluding hydrogens is 281 g/mol. The molecule has 0 aliphatic heterocycles. The van der Waals surface area contributed by atoms with Gasteiger partial charge in [0.25, 0.3) is 6.43 Å². The van der Waals surface area contributed by atoms with E-state index < -0.39 is 36.8 Å². The molecule has 0 nitrogen and oxygen atoms in total. The number of alkyl halides is 11. The van der Waals surface area contributed by atoms with Gasteiger partial charge in [-0.1, -0.05) is 0 Å². The lowest BCUT2D eigenvalue weighted by Crippen LogP contribution is -2.62. The van der Waals surface area contributed by atoms with Crippen molar-refractivity contribution in [1.82, 2.24) is 0 Å². The normalized spacial score (nSPS) is 18.4. The van der Waals surface area contributed by atoms with Gasteiger partial charge < -0.3 is 0 Å². The molecule has 0 aliphatic rings. The summed E-state index contributed by atoms with van der Waals surface area (Å²) >= 11 is 0. The lowest BCUT2D eigenvalue weighted by molar-refractivity contribution is -0.364. The SMILES string of the molecule is FC(F)C(F)C(F)C(F)(C(F)(F)F)C(F)(F)F. The minimum atomic E-state index is -6.91. The Morgan fingerprint density at radius 1 is 0.588 bits per heavy atom.